The van der Waals surface area contributed by atoms with Crippen LogP contribution in [0.25, 0.3) is 0 Å². The molecule has 2 aromatic rings. The van der Waals surface area contributed by atoms with Gasteiger partial charge in [0.1, 0.15) is 24.7 Å². The Morgan fingerprint density at radius 1 is 0.375 bits per heavy atom. The molecule has 6 aliphatic heterocycles. The lowest BCUT2D eigenvalue weighted by atomic mass is 9.89. The zero-order valence-electron chi connectivity index (χ0n) is 60.8. The van der Waals surface area contributed by atoms with Gasteiger partial charge in [-0.1, -0.05) is 91.3 Å². The Hall–Kier alpha value is -1.31. The van der Waals surface area contributed by atoms with Gasteiger partial charge in [0.25, 0.3) is 0 Å². The molecule has 0 aromatic heterocycles. The van der Waals surface area contributed by atoms with Crippen molar-refractivity contribution < 1.29 is 58.3 Å². The fraction of sp³-hybridized carbons (Fsp3) is 0.840. The van der Waals surface area contributed by atoms with Crippen molar-refractivity contribution in [2.24, 2.45) is 23.7 Å². The summed E-state index contributed by atoms with van der Waals surface area (Å²) in [7, 11) is 13.9. The second kappa shape index (κ2) is 44.4. The lowest BCUT2D eigenvalue weighted by Gasteiger charge is -2.28. The van der Waals surface area contributed by atoms with E-state index in [1.807, 2.05) is 55.6 Å². The standard InChI is InChI=1S/2C13H26NO2P.C13H19NO2.C12H24NO2P.C12H23NO2.C12H17NO2/c2*1-10-3-5-12(6-4-10)16-9-11-7-13(15-2)8-14(11)17;1-10-3-5-13(6-4-10)16-9-11-7-12(15)8-14(11)2;1-9-2-4-12(5-3-9)15-8-10-6-11(14)7-13(10)16;2*1-9-2-4-12(5-3-9)15-8-10-6-11(14)7-13-10/h2*10-13H,3-9,17H2,1-2H3;3-6,11-12,15H,7-9H2,1-2H3;9-12,14H,2-8,16H2,1H3;9-14H,2-8H2,1H3;2-5,10-11,13-14H,6-8H2,1H3/t2*10?,11-,12?,13+;11-,12+;2*9?,10-,11+,12?;10-,11+/m000000/s1. The summed E-state index contributed by atoms with van der Waals surface area (Å²) in [5, 5.41) is 44.2. The van der Waals surface area contributed by atoms with Gasteiger partial charge in [-0.15, -0.1) is 0 Å². The number of benzene rings is 2. The number of nitrogens with zero attached hydrogens (tertiary/aromatic N) is 4. The van der Waals surface area contributed by atoms with E-state index in [1.54, 1.807) is 14.2 Å². The third kappa shape index (κ3) is 30.9. The van der Waals surface area contributed by atoms with Crippen molar-refractivity contribution in [3.05, 3.63) is 59.7 Å². The van der Waals surface area contributed by atoms with E-state index in [0.29, 0.717) is 86.6 Å². The van der Waals surface area contributed by atoms with Crippen LogP contribution in [-0.2, 0) is 28.4 Å². The summed E-state index contributed by atoms with van der Waals surface area (Å²) in [6, 6.07) is 18.5. The Morgan fingerprint density at radius 3 is 1.01 bits per heavy atom. The van der Waals surface area contributed by atoms with Gasteiger partial charge in [0, 0.05) is 89.7 Å². The Kier molecular flexibility index (Phi) is 37.9. The predicted molar refractivity (Wildman–Crippen MR) is 397 cm³/mol. The normalized spacial score (nSPS) is 35.8. The summed E-state index contributed by atoms with van der Waals surface area (Å²) in [4.78, 5) is 2.15. The molecular formula is C75H135N6O12P3. The van der Waals surface area contributed by atoms with E-state index in [-0.39, 0.29) is 30.5 Å². The van der Waals surface area contributed by atoms with Crippen molar-refractivity contribution in [2.75, 3.05) is 100 Å². The van der Waals surface area contributed by atoms with E-state index in [1.165, 1.54) is 114 Å². The quantitative estimate of drug-likeness (QED) is 0.0686. The molecule has 12 rings (SSSR count). The molecule has 10 aliphatic rings. The molecule has 4 saturated carbocycles. The highest BCUT2D eigenvalue weighted by molar-refractivity contribution is 7.13. The second-order valence-electron chi connectivity index (χ2n) is 30.7. The van der Waals surface area contributed by atoms with Crippen molar-refractivity contribution in [2.45, 2.75) is 280 Å². The van der Waals surface area contributed by atoms with Gasteiger partial charge in [-0.25, -0.2) is 0 Å². The molecule has 6 saturated heterocycles. The molecule has 0 radical (unpaired) electrons. The predicted octanol–water partition coefficient (Wildman–Crippen LogP) is 10.6. The Balaban J connectivity index is 0.000000163. The fourth-order valence-electron chi connectivity index (χ4n) is 14.9. The van der Waals surface area contributed by atoms with E-state index in [9.17, 15) is 20.4 Å². The molecular weight excluding hydrogens is 1270 g/mol. The van der Waals surface area contributed by atoms with Gasteiger partial charge in [-0.3, -0.25) is 18.9 Å². The molecule has 96 heavy (non-hydrogen) atoms. The first-order chi connectivity index (χ1) is 46.1. The number of aliphatic hydroxyl groups excluding tert-OH is 4. The van der Waals surface area contributed by atoms with Crippen LogP contribution >= 0.6 is 28.2 Å². The molecule has 4 aliphatic carbocycles. The minimum absolute atomic E-state index is 0.162. The molecule has 3 unspecified atom stereocenters. The number of hydrogen-bond acceptors (Lipinski definition) is 18. The van der Waals surface area contributed by atoms with Crippen LogP contribution in [0.4, 0.5) is 0 Å². The first-order valence-electron chi connectivity index (χ1n) is 37.5. The SMILES string of the molecule is CC1CCC(OC[C@@H]2C[C@@H](O)CN2)CC1.CC1CCC(OC[C@@H]2C[C@@H](O)CN2P)CC1.CO[C@@H]1C[C@@H](COC2CCC(C)CC2)N(P)C1.CO[C@@H]1C[C@@H](COC2CCC(C)CC2)N(P)C1.Cc1ccc(OC[C@@H]2C[C@@H](O)CN2)cc1.Cc1ccc(OC[C@@H]2C[C@@H](O)CN2C)cc1. The molecule has 2 aromatic carbocycles. The number of aryl methyl sites for hydroxylation is 2. The Labute approximate surface area is 588 Å². The summed E-state index contributed by atoms with van der Waals surface area (Å²) < 4.78 is 52.9. The molecule has 552 valence electrons. The maximum absolute atomic E-state index is 9.53. The molecule has 0 bridgehead atoms. The van der Waals surface area contributed by atoms with Gasteiger partial charge in [-0.05, 0) is 210 Å². The lowest BCUT2D eigenvalue weighted by molar-refractivity contribution is 0.00235. The van der Waals surface area contributed by atoms with Crippen LogP contribution in [0.2, 0.25) is 0 Å². The number of aliphatic hydroxyl groups is 4. The summed E-state index contributed by atoms with van der Waals surface area (Å²) >= 11 is 0. The molecule has 10 fully saturated rings. The minimum Gasteiger partial charge on any atom is -0.492 e. The lowest BCUT2D eigenvalue weighted by Crippen LogP contribution is -2.30. The monoisotopic (exact) mass is 1400 g/mol. The van der Waals surface area contributed by atoms with E-state index < -0.39 is 0 Å². The molecule has 6 heterocycles. The van der Waals surface area contributed by atoms with Gasteiger partial charge in [0.15, 0.2) is 0 Å². The molecule has 21 heteroatoms. The van der Waals surface area contributed by atoms with Crippen molar-refractivity contribution in [1.29, 1.82) is 0 Å². The largest absolute Gasteiger partial charge is 0.492 e. The average Bonchev–Trinajstić information content (AvgIpc) is 2.02. The smallest absolute Gasteiger partial charge is 0.119 e. The summed E-state index contributed by atoms with van der Waals surface area (Å²) in [6.07, 6.45) is 27.9. The van der Waals surface area contributed by atoms with Crippen LogP contribution in [0.3, 0.4) is 0 Å². The highest BCUT2D eigenvalue weighted by atomic mass is 31.0. The van der Waals surface area contributed by atoms with Crippen molar-refractivity contribution in [3.8, 4) is 11.5 Å². The van der Waals surface area contributed by atoms with Gasteiger partial charge < -0.3 is 69.0 Å². The van der Waals surface area contributed by atoms with Gasteiger partial charge >= 0.3 is 0 Å². The minimum atomic E-state index is -0.211. The number of likely N-dealkylation sites (N-methyl/N-ethyl adjacent to an activating group) is 1. The third-order valence-electron chi connectivity index (χ3n) is 21.9. The van der Waals surface area contributed by atoms with E-state index in [2.05, 4.69) is 99.3 Å². The van der Waals surface area contributed by atoms with Crippen molar-refractivity contribution in [3.63, 3.8) is 0 Å². The molecule has 0 amide bonds. The molecule has 6 N–H and O–H groups in total. The van der Waals surface area contributed by atoms with E-state index >= 15 is 0 Å². The highest BCUT2D eigenvalue weighted by Gasteiger charge is 2.34. The summed E-state index contributed by atoms with van der Waals surface area (Å²) in [6.45, 7) is 23.0. The van der Waals surface area contributed by atoms with Crippen LogP contribution in [0.5, 0.6) is 11.5 Å². The van der Waals surface area contributed by atoms with Gasteiger partial charge in [0.05, 0.1) is 87.5 Å². The first kappa shape index (κ1) is 82.0. The van der Waals surface area contributed by atoms with Crippen LogP contribution in [0.1, 0.15) is 180 Å². The van der Waals surface area contributed by atoms with Crippen molar-refractivity contribution in [1.82, 2.24) is 29.5 Å². The second-order valence-corrected chi connectivity index (χ2v) is 32.7. The van der Waals surface area contributed by atoms with Crippen molar-refractivity contribution >= 4 is 28.2 Å². The molecule has 15 atom stereocenters. The number of rotatable bonds is 20. The van der Waals surface area contributed by atoms with Crippen LogP contribution in [0, 0.1) is 37.5 Å². The van der Waals surface area contributed by atoms with Crippen LogP contribution in [0.15, 0.2) is 48.5 Å². The highest BCUT2D eigenvalue weighted by Crippen LogP contribution is 2.33. The average molecular weight is 1410 g/mol. The number of hydrogen-bond donors (Lipinski definition) is 6. The number of nitrogens with one attached hydrogen (secondary N) is 2. The number of ether oxygens (including phenoxy) is 8. The zero-order chi connectivity index (χ0) is 68.9. The topological polar surface area (TPSA) is 192 Å². The van der Waals surface area contributed by atoms with Gasteiger partial charge in [-0.2, -0.15) is 0 Å². The maximum atomic E-state index is 9.53. The number of methoxy groups -OCH3 is 2. The summed E-state index contributed by atoms with van der Waals surface area (Å²) in [5.74, 6) is 5.36. The number of likely N-dealkylation sites (tertiary alicyclic amines) is 1. The van der Waals surface area contributed by atoms with E-state index in [0.717, 1.165) is 133 Å². The Bertz CT molecular complexity index is 2290. The number of β-amino-alcohol motifs (C(OH)–C–C–N with tert-alkyl or cyclic N) is 4. The molecule has 18 nitrogen and oxygen atoms in total. The Morgan fingerprint density at radius 2 is 0.698 bits per heavy atom. The maximum Gasteiger partial charge on any atom is 0.119 e. The van der Waals surface area contributed by atoms with Gasteiger partial charge in [0.2, 0.25) is 0 Å². The molecule has 0 spiro atoms. The fourth-order valence-corrected chi connectivity index (χ4v) is 16.2. The summed E-state index contributed by atoms with van der Waals surface area (Å²) in [5.41, 5.74) is 2.47. The van der Waals surface area contributed by atoms with Crippen LogP contribution in [-0.4, -0.2) is 237 Å². The van der Waals surface area contributed by atoms with Crippen LogP contribution < -0.4 is 20.1 Å². The van der Waals surface area contributed by atoms with E-state index in [4.69, 9.17) is 37.9 Å². The first-order valence-corrected chi connectivity index (χ1v) is 39.0. The zero-order valence-corrected chi connectivity index (χ0v) is 64.2. The third-order valence-corrected chi connectivity index (χ3v) is 23.8.